The fraction of sp³-hybridized carbons (Fsp3) is 0.471. The Bertz CT molecular complexity index is 726. The molecule has 2 N–H and O–H groups in total. The number of aromatic nitrogens is 2. The molecule has 0 radical (unpaired) electrons. The Morgan fingerprint density at radius 2 is 2.13 bits per heavy atom. The van der Waals surface area contributed by atoms with Crippen molar-refractivity contribution < 1.29 is 9.90 Å². The average molecular weight is 317 g/mol. The number of carbonyl (C=O) groups excluding carboxylic acids is 1. The first-order chi connectivity index (χ1) is 11.1. The standard InChI is InChI=1S/C17H23N3O3/c1-3-12(2)15(10-21)19-16(22)8-9-20-11-18-14-7-5-4-6-13(14)17(20)23/h4-7,11-12,15,21H,3,8-10H2,1-2H3,(H,19,22)/t12-,15-/m0/s1. The zero-order valence-corrected chi connectivity index (χ0v) is 13.5. The fourth-order valence-electron chi connectivity index (χ4n) is 2.42. The van der Waals surface area contributed by atoms with Gasteiger partial charge in [0.1, 0.15) is 0 Å². The van der Waals surface area contributed by atoms with Crippen LogP contribution in [0.25, 0.3) is 10.9 Å². The van der Waals surface area contributed by atoms with Gasteiger partial charge in [-0.15, -0.1) is 0 Å². The molecule has 1 aromatic heterocycles. The Morgan fingerprint density at radius 3 is 2.83 bits per heavy atom. The number of aliphatic hydroxyl groups is 1. The predicted molar refractivity (Wildman–Crippen MR) is 89.1 cm³/mol. The largest absolute Gasteiger partial charge is 0.394 e. The summed E-state index contributed by atoms with van der Waals surface area (Å²) < 4.78 is 1.44. The number of fused-ring (bicyclic) bond motifs is 1. The van der Waals surface area contributed by atoms with E-state index in [1.54, 1.807) is 18.2 Å². The van der Waals surface area contributed by atoms with Gasteiger partial charge in [-0.1, -0.05) is 32.4 Å². The van der Waals surface area contributed by atoms with Gasteiger partial charge in [0, 0.05) is 13.0 Å². The first kappa shape index (κ1) is 17.1. The highest BCUT2D eigenvalue weighted by atomic mass is 16.3. The third-order valence-corrected chi connectivity index (χ3v) is 4.19. The van der Waals surface area contributed by atoms with Crippen molar-refractivity contribution in [3.63, 3.8) is 0 Å². The maximum Gasteiger partial charge on any atom is 0.261 e. The van der Waals surface area contributed by atoms with Crippen molar-refractivity contribution in [1.82, 2.24) is 14.9 Å². The molecule has 6 heteroatoms. The van der Waals surface area contributed by atoms with Crippen LogP contribution in [0.3, 0.4) is 0 Å². The lowest BCUT2D eigenvalue weighted by Gasteiger charge is -2.22. The van der Waals surface area contributed by atoms with Crippen LogP contribution in [-0.2, 0) is 11.3 Å². The number of para-hydroxylation sites is 1. The van der Waals surface area contributed by atoms with Gasteiger partial charge < -0.3 is 10.4 Å². The highest BCUT2D eigenvalue weighted by Gasteiger charge is 2.17. The van der Waals surface area contributed by atoms with Gasteiger partial charge in [0.15, 0.2) is 0 Å². The summed E-state index contributed by atoms with van der Waals surface area (Å²) in [5, 5.41) is 12.7. The first-order valence-electron chi connectivity index (χ1n) is 7.91. The molecule has 0 unspecified atom stereocenters. The van der Waals surface area contributed by atoms with Crippen molar-refractivity contribution in [2.75, 3.05) is 6.61 Å². The predicted octanol–water partition coefficient (Wildman–Crippen LogP) is 1.31. The van der Waals surface area contributed by atoms with Crippen LogP contribution in [0.2, 0.25) is 0 Å². The Morgan fingerprint density at radius 1 is 1.39 bits per heavy atom. The van der Waals surface area contributed by atoms with E-state index < -0.39 is 0 Å². The maximum atomic E-state index is 12.3. The molecule has 0 fully saturated rings. The van der Waals surface area contributed by atoms with Crippen molar-refractivity contribution >= 4 is 16.8 Å². The molecule has 0 aliphatic carbocycles. The molecule has 1 aromatic carbocycles. The number of amides is 1. The van der Waals surface area contributed by atoms with Gasteiger partial charge in [-0.2, -0.15) is 0 Å². The van der Waals surface area contributed by atoms with Gasteiger partial charge in [0.25, 0.3) is 5.56 Å². The van der Waals surface area contributed by atoms with Gasteiger partial charge in [-0.3, -0.25) is 14.2 Å². The normalized spacial score (nSPS) is 13.7. The molecule has 124 valence electrons. The molecule has 0 saturated heterocycles. The summed E-state index contributed by atoms with van der Waals surface area (Å²) in [6, 6.07) is 6.88. The van der Waals surface area contributed by atoms with Crippen LogP contribution in [0.1, 0.15) is 26.7 Å². The average Bonchev–Trinajstić information content (AvgIpc) is 2.58. The Balaban J connectivity index is 2.02. The summed E-state index contributed by atoms with van der Waals surface area (Å²) in [4.78, 5) is 28.6. The van der Waals surface area contributed by atoms with E-state index in [1.165, 1.54) is 10.9 Å². The van der Waals surface area contributed by atoms with Gasteiger partial charge in [-0.25, -0.2) is 4.98 Å². The molecule has 0 aliphatic rings. The van der Waals surface area contributed by atoms with E-state index >= 15 is 0 Å². The van der Waals surface area contributed by atoms with Crippen LogP contribution < -0.4 is 10.9 Å². The first-order valence-corrected chi connectivity index (χ1v) is 7.91. The van der Waals surface area contributed by atoms with Crippen molar-refractivity contribution in [3.05, 3.63) is 40.9 Å². The van der Waals surface area contributed by atoms with Gasteiger partial charge >= 0.3 is 0 Å². The van der Waals surface area contributed by atoms with E-state index in [9.17, 15) is 14.7 Å². The molecule has 0 aliphatic heterocycles. The van der Waals surface area contributed by atoms with Crippen LogP contribution in [0, 0.1) is 5.92 Å². The summed E-state index contributed by atoms with van der Waals surface area (Å²) >= 11 is 0. The summed E-state index contributed by atoms with van der Waals surface area (Å²) in [7, 11) is 0. The number of hydrogen-bond donors (Lipinski definition) is 2. The molecule has 0 spiro atoms. The number of benzene rings is 1. The SMILES string of the molecule is CC[C@H](C)[C@H](CO)NC(=O)CCn1cnc2ccccc2c1=O. The zero-order chi connectivity index (χ0) is 16.8. The van der Waals surface area contributed by atoms with E-state index in [1.807, 2.05) is 19.9 Å². The minimum atomic E-state index is -0.251. The fourth-order valence-corrected chi connectivity index (χ4v) is 2.42. The molecule has 2 aromatic rings. The van der Waals surface area contributed by atoms with E-state index in [0.717, 1.165) is 6.42 Å². The molecule has 6 nitrogen and oxygen atoms in total. The summed E-state index contributed by atoms with van der Waals surface area (Å²) in [5.41, 5.74) is 0.499. The summed E-state index contributed by atoms with van der Waals surface area (Å²) in [6.45, 7) is 4.18. The lowest BCUT2D eigenvalue weighted by molar-refractivity contribution is -0.122. The van der Waals surface area contributed by atoms with Crippen molar-refractivity contribution in [2.45, 2.75) is 39.3 Å². The van der Waals surface area contributed by atoms with Gasteiger partial charge in [-0.05, 0) is 18.1 Å². The molecule has 1 heterocycles. The van der Waals surface area contributed by atoms with Crippen LogP contribution in [0.4, 0.5) is 0 Å². The third kappa shape index (κ3) is 4.16. The van der Waals surface area contributed by atoms with E-state index in [2.05, 4.69) is 10.3 Å². The van der Waals surface area contributed by atoms with E-state index in [-0.39, 0.29) is 43.0 Å². The number of rotatable bonds is 7. The van der Waals surface area contributed by atoms with E-state index in [0.29, 0.717) is 10.9 Å². The maximum absolute atomic E-state index is 12.3. The number of hydrogen-bond acceptors (Lipinski definition) is 4. The molecule has 23 heavy (non-hydrogen) atoms. The molecular weight excluding hydrogens is 294 g/mol. The number of nitrogens with zero attached hydrogens (tertiary/aromatic N) is 2. The quantitative estimate of drug-likeness (QED) is 0.806. The third-order valence-electron chi connectivity index (χ3n) is 4.19. The minimum Gasteiger partial charge on any atom is -0.394 e. The number of aryl methyl sites for hydroxylation is 1. The Hall–Kier alpha value is -2.21. The van der Waals surface area contributed by atoms with Crippen LogP contribution >= 0.6 is 0 Å². The van der Waals surface area contributed by atoms with Crippen molar-refractivity contribution in [3.8, 4) is 0 Å². The van der Waals surface area contributed by atoms with Gasteiger partial charge in [0.05, 0.1) is 29.9 Å². The summed E-state index contributed by atoms with van der Waals surface area (Å²) in [6.07, 6.45) is 2.52. The highest BCUT2D eigenvalue weighted by molar-refractivity contribution is 5.77. The highest BCUT2D eigenvalue weighted by Crippen LogP contribution is 2.08. The summed E-state index contributed by atoms with van der Waals surface area (Å²) in [5.74, 6) is 0.0263. The second-order valence-corrected chi connectivity index (χ2v) is 5.75. The minimum absolute atomic E-state index is 0.0851. The number of aliphatic hydroxyl groups excluding tert-OH is 1. The van der Waals surface area contributed by atoms with Crippen molar-refractivity contribution in [2.24, 2.45) is 5.92 Å². The second kappa shape index (κ2) is 7.87. The topological polar surface area (TPSA) is 84.2 Å². The molecule has 0 bridgehead atoms. The van der Waals surface area contributed by atoms with Gasteiger partial charge in [0.2, 0.25) is 5.91 Å². The lowest BCUT2D eigenvalue weighted by atomic mass is 10.00. The zero-order valence-electron chi connectivity index (χ0n) is 13.5. The number of nitrogens with one attached hydrogen (secondary N) is 1. The number of carbonyl (C=O) groups is 1. The lowest BCUT2D eigenvalue weighted by Crippen LogP contribution is -2.42. The molecule has 0 saturated carbocycles. The van der Waals surface area contributed by atoms with Crippen LogP contribution in [-0.4, -0.2) is 33.2 Å². The molecular formula is C17H23N3O3. The second-order valence-electron chi connectivity index (χ2n) is 5.75. The van der Waals surface area contributed by atoms with Crippen LogP contribution in [0.5, 0.6) is 0 Å². The molecule has 1 amide bonds. The molecule has 2 rings (SSSR count). The smallest absolute Gasteiger partial charge is 0.261 e. The van der Waals surface area contributed by atoms with Crippen LogP contribution in [0.15, 0.2) is 35.4 Å². The Kier molecular flexibility index (Phi) is 5.87. The van der Waals surface area contributed by atoms with E-state index in [4.69, 9.17) is 0 Å². The Labute approximate surface area is 135 Å². The van der Waals surface area contributed by atoms with Crippen molar-refractivity contribution in [1.29, 1.82) is 0 Å². The molecule has 2 atom stereocenters. The monoisotopic (exact) mass is 317 g/mol.